The van der Waals surface area contributed by atoms with Gasteiger partial charge in [0.05, 0.1) is 6.10 Å². The first-order chi connectivity index (χ1) is 9.85. The second-order valence-electron chi connectivity index (χ2n) is 6.87. The molecule has 0 aromatic heterocycles. The van der Waals surface area contributed by atoms with Gasteiger partial charge in [-0.05, 0) is 61.9 Å². The van der Waals surface area contributed by atoms with Crippen LogP contribution in [0.2, 0.25) is 0 Å². The zero-order valence-electron chi connectivity index (χ0n) is 12.9. The molecule has 4 heteroatoms. The van der Waals surface area contributed by atoms with E-state index >= 15 is 0 Å². The average molecular weight is 297 g/mol. The van der Waals surface area contributed by atoms with Crippen molar-refractivity contribution >= 4 is 0 Å². The number of aliphatic hydroxyl groups is 1. The van der Waals surface area contributed by atoms with Gasteiger partial charge in [-0.3, -0.25) is 0 Å². The van der Waals surface area contributed by atoms with Gasteiger partial charge in [0.25, 0.3) is 0 Å². The van der Waals surface area contributed by atoms with Crippen LogP contribution in [0, 0.1) is 17.0 Å². The minimum Gasteiger partial charge on any atom is -0.388 e. The number of rotatable bonds is 4. The minimum absolute atomic E-state index is 0.322. The van der Waals surface area contributed by atoms with Crippen LogP contribution in [0.15, 0.2) is 18.2 Å². The quantitative estimate of drug-likeness (QED) is 0.911. The SMILES string of the molecule is CC1(C)CCCN(CCC(O)c2cc(F)cc(F)c2)CC1. The van der Waals surface area contributed by atoms with E-state index in [0.29, 0.717) is 17.4 Å². The lowest BCUT2D eigenvalue weighted by Crippen LogP contribution is -2.27. The zero-order chi connectivity index (χ0) is 15.5. The maximum absolute atomic E-state index is 13.2. The lowest BCUT2D eigenvalue weighted by molar-refractivity contribution is 0.141. The van der Waals surface area contributed by atoms with E-state index < -0.39 is 17.7 Å². The summed E-state index contributed by atoms with van der Waals surface area (Å²) in [5.41, 5.74) is 0.710. The predicted molar refractivity (Wildman–Crippen MR) is 80.0 cm³/mol. The first-order valence-electron chi connectivity index (χ1n) is 7.72. The van der Waals surface area contributed by atoms with Crippen LogP contribution in [-0.4, -0.2) is 29.6 Å². The van der Waals surface area contributed by atoms with Crippen molar-refractivity contribution < 1.29 is 13.9 Å². The molecule has 0 amide bonds. The summed E-state index contributed by atoms with van der Waals surface area (Å²) in [7, 11) is 0. The highest BCUT2D eigenvalue weighted by Crippen LogP contribution is 2.30. The second-order valence-corrected chi connectivity index (χ2v) is 6.87. The molecule has 0 spiro atoms. The van der Waals surface area contributed by atoms with Crippen LogP contribution in [0.5, 0.6) is 0 Å². The maximum atomic E-state index is 13.2. The summed E-state index contributed by atoms with van der Waals surface area (Å²) in [6.07, 6.45) is 3.23. The van der Waals surface area contributed by atoms with E-state index in [2.05, 4.69) is 18.7 Å². The average Bonchev–Trinajstić information content (AvgIpc) is 2.56. The Balaban J connectivity index is 1.87. The first-order valence-corrected chi connectivity index (χ1v) is 7.72. The van der Waals surface area contributed by atoms with Crippen LogP contribution >= 0.6 is 0 Å². The highest BCUT2D eigenvalue weighted by Gasteiger charge is 2.23. The zero-order valence-corrected chi connectivity index (χ0v) is 12.9. The van der Waals surface area contributed by atoms with Gasteiger partial charge >= 0.3 is 0 Å². The summed E-state index contributed by atoms with van der Waals surface area (Å²) in [6, 6.07) is 3.24. The fourth-order valence-electron chi connectivity index (χ4n) is 2.94. The molecule has 1 aliphatic rings. The summed E-state index contributed by atoms with van der Waals surface area (Å²) in [6.45, 7) is 7.40. The standard InChI is InChI=1S/C17H25F2NO/c1-17(2)5-3-7-20(9-6-17)8-4-16(21)13-10-14(18)12-15(19)11-13/h10-12,16,21H,3-9H2,1-2H3. The van der Waals surface area contributed by atoms with Gasteiger partial charge in [0.1, 0.15) is 11.6 Å². The maximum Gasteiger partial charge on any atom is 0.126 e. The molecule has 0 bridgehead atoms. The topological polar surface area (TPSA) is 23.5 Å². The minimum atomic E-state index is -0.813. The summed E-state index contributed by atoms with van der Waals surface area (Å²) < 4.78 is 26.3. The monoisotopic (exact) mass is 297 g/mol. The molecular formula is C17H25F2NO. The van der Waals surface area contributed by atoms with E-state index in [1.807, 2.05) is 0 Å². The van der Waals surface area contributed by atoms with Crippen molar-refractivity contribution in [2.24, 2.45) is 5.41 Å². The van der Waals surface area contributed by atoms with E-state index in [-0.39, 0.29) is 0 Å². The molecule has 2 rings (SSSR count). The summed E-state index contributed by atoms with van der Waals surface area (Å²) in [5, 5.41) is 10.1. The molecule has 1 aliphatic heterocycles. The number of hydrogen-bond donors (Lipinski definition) is 1. The van der Waals surface area contributed by atoms with Crippen molar-refractivity contribution in [3.8, 4) is 0 Å². The van der Waals surface area contributed by atoms with Crippen LogP contribution in [0.1, 0.15) is 51.2 Å². The third-order valence-corrected chi connectivity index (χ3v) is 4.42. The summed E-state index contributed by atoms with van der Waals surface area (Å²) in [4.78, 5) is 2.34. The van der Waals surface area contributed by atoms with Gasteiger partial charge < -0.3 is 10.0 Å². The number of nitrogens with zero attached hydrogens (tertiary/aromatic N) is 1. The molecule has 1 aromatic rings. The molecule has 1 atom stereocenters. The normalized spacial score (nSPS) is 21.0. The fourth-order valence-corrected chi connectivity index (χ4v) is 2.94. The third kappa shape index (κ3) is 5.04. The molecule has 1 heterocycles. The Hall–Kier alpha value is -1.00. The number of likely N-dealkylation sites (tertiary alicyclic amines) is 1. The van der Waals surface area contributed by atoms with Crippen LogP contribution in [0.25, 0.3) is 0 Å². The molecule has 0 aliphatic carbocycles. The molecule has 21 heavy (non-hydrogen) atoms. The van der Waals surface area contributed by atoms with Crippen LogP contribution in [0.4, 0.5) is 8.78 Å². The van der Waals surface area contributed by atoms with Crippen molar-refractivity contribution in [1.29, 1.82) is 0 Å². The Morgan fingerprint density at radius 1 is 1.14 bits per heavy atom. The lowest BCUT2D eigenvalue weighted by Gasteiger charge is -2.24. The molecule has 1 saturated heterocycles. The lowest BCUT2D eigenvalue weighted by atomic mass is 9.85. The van der Waals surface area contributed by atoms with Gasteiger partial charge in [-0.15, -0.1) is 0 Å². The second kappa shape index (κ2) is 6.84. The molecule has 2 nitrogen and oxygen atoms in total. The van der Waals surface area contributed by atoms with Crippen molar-refractivity contribution in [1.82, 2.24) is 4.90 Å². The van der Waals surface area contributed by atoms with Gasteiger partial charge in [-0.1, -0.05) is 13.8 Å². The Morgan fingerprint density at radius 2 is 1.81 bits per heavy atom. The van der Waals surface area contributed by atoms with Gasteiger partial charge in [-0.2, -0.15) is 0 Å². The van der Waals surface area contributed by atoms with Crippen molar-refractivity contribution in [3.63, 3.8) is 0 Å². The predicted octanol–water partition coefficient (Wildman–Crippen LogP) is 3.90. The third-order valence-electron chi connectivity index (χ3n) is 4.42. The first kappa shape index (κ1) is 16.4. The molecule has 118 valence electrons. The highest BCUT2D eigenvalue weighted by atomic mass is 19.1. The Kier molecular flexibility index (Phi) is 5.33. The fraction of sp³-hybridized carbons (Fsp3) is 0.647. The number of benzene rings is 1. The molecular weight excluding hydrogens is 272 g/mol. The van der Waals surface area contributed by atoms with Crippen LogP contribution in [-0.2, 0) is 0 Å². The van der Waals surface area contributed by atoms with E-state index in [1.165, 1.54) is 18.6 Å². The van der Waals surface area contributed by atoms with Crippen LogP contribution in [0.3, 0.4) is 0 Å². The summed E-state index contributed by atoms with van der Waals surface area (Å²) >= 11 is 0. The number of aliphatic hydroxyl groups excluding tert-OH is 1. The molecule has 1 aromatic carbocycles. The molecule has 0 radical (unpaired) electrons. The van der Waals surface area contributed by atoms with Gasteiger partial charge in [0.15, 0.2) is 0 Å². The van der Waals surface area contributed by atoms with E-state index in [4.69, 9.17) is 0 Å². The Bertz CT molecular complexity index is 456. The van der Waals surface area contributed by atoms with Gasteiger partial charge in [-0.25, -0.2) is 8.78 Å². The van der Waals surface area contributed by atoms with Crippen molar-refractivity contribution in [2.75, 3.05) is 19.6 Å². The van der Waals surface area contributed by atoms with Crippen molar-refractivity contribution in [2.45, 2.75) is 45.6 Å². The summed E-state index contributed by atoms with van der Waals surface area (Å²) in [5.74, 6) is -1.28. The number of hydrogen-bond acceptors (Lipinski definition) is 2. The van der Waals surface area contributed by atoms with E-state index in [1.54, 1.807) is 0 Å². The van der Waals surface area contributed by atoms with Gasteiger partial charge in [0.2, 0.25) is 0 Å². The molecule has 1 unspecified atom stereocenters. The number of halogens is 2. The Labute approximate surface area is 125 Å². The molecule has 1 N–H and O–H groups in total. The molecule has 1 fully saturated rings. The largest absolute Gasteiger partial charge is 0.388 e. The van der Waals surface area contributed by atoms with Crippen molar-refractivity contribution in [3.05, 3.63) is 35.4 Å². The van der Waals surface area contributed by atoms with E-state index in [0.717, 1.165) is 38.5 Å². The van der Waals surface area contributed by atoms with Crippen LogP contribution < -0.4 is 0 Å². The smallest absolute Gasteiger partial charge is 0.126 e. The van der Waals surface area contributed by atoms with Gasteiger partial charge in [0, 0.05) is 12.6 Å². The highest BCUT2D eigenvalue weighted by molar-refractivity contribution is 5.20. The molecule has 0 saturated carbocycles. The van der Waals surface area contributed by atoms with E-state index in [9.17, 15) is 13.9 Å². The Morgan fingerprint density at radius 3 is 2.48 bits per heavy atom.